The van der Waals surface area contributed by atoms with Crippen molar-refractivity contribution in [1.29, 1.82) is 0 Å². The molecule has 0 spiro atoms. The van der Waals surface area contributed by atoms with Gasteiger partial charge in [0, 0.05) is 11.3 Å². The summed E-state index contributed by atoms with van der Waals surface area (Å²) in [6.45, 7) is 0. The molecule has 1 aliphatic rings. The Hall–Kier alpha value is -3.60. The van der Waals surface area contributed by atoms with E-state index in [9.17, 15) is 4.39 Å². The zero-order valence-corrected chi connectivity index (χ0v) is 15.3. The summed E-state index contributed by atoms with van der Waals surface area (Å²) in [6, 6.07) is 22.3. The molecule has 0 fully saturated rings. The van der Waals surface area contributed by atoms with Crippen LogP contribution in [0.5, 0.6) is 5.75 Å². The number of methoxy groups -OCH3 is 1. The molecule has 28 heavy (non-hydrogen) atoms. The van der Waals surface area contributed by atoms with Crippen LogP contribution in [0.2, 0.25) is 0 Å². The molecule has 1 N–H and O–H groups in total. The number of benzene rings is 3. The molecule has 138 valence electrons. The van der Waals surface area contributed by atoms with E-state index in [0.29, 0.717) is 11.5 Å². The summed E-state index contributed by atoms with van der Waals surface area (Å²) in [6.07, 6.45) is 2.04. The minimum Gasteiger partial charge on any atom is -0.497 e. The molecule has 5 heteroatoms. The molecule has 0 bridgehead atoms. The Bertz CT molecular complexity index is 1190. The van der Waals surface area contributed by atoms with Crippen LogP contribution < -0.4 is 10.1 Å². The zero-order valence-electron chi connectivity index (χ0n) is 15.3. The van der Waals surface area contributed by atoms with Crippen molar-refractivity contribution < 1.29 is 9.13 Å². The highest BCUT2D eigenvalue weighted by molar-refractivity contribution is 5.85. The molecular weight excluding hydrogens is 353 g/mol. The third kappa shape index (κ3) is 2.63. The van der Waals surface area contributed by atoms with Crippen molar-refractivity contribution in [1.82, 2.24) is 9.55 Å². The predicted octanol–water partition coefficient (Wildman–Crippen LogP) is 5.24. The van der Waals surface area contributed by atoms with Gasteiger partial charge in [-0.3, -0.25) is 4.57 Å². The van der Waals surface area contributed by atoms with Crippen LogP contribution in [-0.4, -0.2) is 16.7 Å². The molecule has 5 rings (SSSR count). The minimum atomic E-state index is -0.304. The van der Waals surface area contributed by atoms with Crippen molar-refractivity contribution >= 4 is 22.7 Å². The molecular formula is C23H18FN3O. The Balaban J connectivity index is 1.70. The highest BCUT2D eigenvalue weighted by Crippen LogP contribution is 2.37. The number of imidazole rings is 1. The summed E-state index contributed by atoms with van der Waals surface area (Å²) < 4.78 is 22.0. The lowest BCUT2D eigenvalue weighted by Crippen LogP contribution is -2.20. The van der Waals surface area contributed by atoms with E-state index in [2.05, 4.69) is 5.32 Å². The van der Waals surface area contributed by atoms with Crippen LogP contribution in [0.3, 0.4) is 0 Å². The number of para-hydroxylation sites is 2. The van der Waals surface area contributed by atoms with E-state index >= 15 is 0 Å². The first-order chi connectivity index (χ1) is 13.7. The van der Waals surface area contributed by atoms with Crippen molar-refractivity contribution in [3.05, 3.63) is 95.8 Å². The van der Waals surface area contributed by atoms with Gasteiger partial charge in [0.15, 0.2) is 0 Å². The van der Waals surface area contributed by atoms with Gasteiger partial charge < -0.3 is 10.1 Å². The molecule has 1 atom stereocenters. The molecule has 3 aromatic carbocycles. The maximum absolute atomic E-state index is 14.7. The molecule has 0 radical (unpaired) electrons. The molecule has 1 aliphatic heterocycles. The Morgan fingerprint density at radius 3 is 2.50 bits per heavy atom. The Kier molecular flexibility index (Phi) is 3.86. The summed E-state index contributed by atoms with van der Waals surface area (Å²) in [5.41, 5.74) is 4.32. The van der Waals surface area contributed by atoms with Crippen LogP contribution in [0.4, 0.5) is 10.3 Å². The molecule has 1 aromatic heterocycles. The summed E-state index contributed by atoms with van der Waals surface area (Å²) >= 11 is 0. The monoisotopic (exact) mass is 371 g/mol. The topological polar surface area (TPSA) is 39.1 Å². The Morgan fingerprint density at radius 2 is 1.71 bits per heavy atom. The second-order valence-corrected chi connectivity index (χ2v) is 6.69. The van der Waals surface area contributed by atoms with Crippen molar-refractivity contribution in [2.75, 3.05) is 12.4 Å². The maximum atomic E-state index is 14.7. The molecule has 4 aromatic rings. The van der Waals surface area contributed by atoms with E-state index in [1.165, 1.54) is 6.07 Å². The normalized spacial score (nSPS) is 15.6. The van der Waals surface area contributed by atoms with Gasteiger partial charge in [-0.05, 0) is 54.1 Å². The predicted molar refractivity (Wildman–Crippen MR) is 109 cm³/mol. The lowest BCUT2D eigenvalue weighted by Gasteiger charge is -2.27. The number of anilines is 1. The van der Waals surface area contributed by atoms with Gasteiger partial charge in [-0.2, -0.15) is 0 Å². The standard InChI is InChI=1S/C23H18FN3O/c1-28-16-12-10-15(11-13-16)20-14-22(17-6-2-3-7-18(17)24)27-21-9-5-4-8-19(21)25-23(27)26-20/h2-14,22H,1H3,(H,25,26). The van der Waals surface area contributed by atoms with Crippen LogP contribution in [0.25, 0.3) is 16.7 Å². The fraction of sp³-hybridized carbons (Fsp3) is 0.0870. The lowest BCUT2D eigenvalue weighted by atomic mass is 10.0. The van der Waals surface area contributed by atoms with Gasteiger partial charge >= 0.3 is 0 Å². The van der Waals surface area contributed by atoms with Crippen molar-refractivity contribution in [2.24, 2.45) is 0 Å². The molecule has 4 nitrogen and oxygen atoms in total. The number of allylic oxidation sites excluding steroid dienone is 1. The van der Waals surface area contributed by atoms with Crippen molar-refractivity contribution in [2.45, 2.75) is 6.04 Å². The first-order valence-corrected chi connectivity index (χ1v) is 9.09. The quantitative estimate of drug-likeness (QED) is 0.535. The number of rotatable bonds is 3. The van der Waals surface area contributed by atoms with Gasteiger partial charge in [0.2, 0.25) is 5.95 Å². The third-order valence-corrected chi connectivity index (χ3v) is 5.07. The lowest BCUT2D eigenvalue weighted by molar-refractivity contribution is 0.415. The SMILES string of the molecule is COc1ccc(C2=CC(c3ccccc3F)n3c(nc4ccccc43)N2)cc1. The second kappa shape index (κ2) is 6.53. The molecule has 0 saturated heterocycles. The summed E-state index contributed by atoms with van der Waals surface area (Å²) in [4.78, 5) is 4.73. The molecule has 0 amide bonds. The first-order valence-electron chi connectivity index (χ1n) is 9.09. The number of nitrogens with zero attached hydrogens (tertiary/aromatic N) is 2. The van der Waals surface area contributed by atoms with Crippen molar-refractivity contribution in [3.63, 3.8) is 0 Å². The molecule has 2 heterocycles. The van der Waals surface area contributed by atoms with Crippen LogP contribution in [0.15, 0.2) is 78.9 Å². The van der Waals surface area contributed by atoms with Crippen molar-refractivity contribution in [3.8, 4) is 5.75 Å². The highest BCUT2D eigenvalue weighted by Gasteiger charge is 2.26. The van der Waals surface area contributed by atoms with E-state index in [1.807, 2.05) is 71.3 Å². The number of hydrogen-bond acceptors (Lipinski definition) is 3. The number of hydrogen-bond donors (Lipinski definition) is 1. The Labute approximate surface area is 161 Å². The van der Waals surface area contributed by atoms with E-state index in [4.69, 9.17) is 9.72 Å². The average Bonchev–Trinajstić information content (AvgIpc) is 3.12. The number of halogens is 1. The van der Waals surface area contributed by atoms with E-state index in [1.54, 1.807) is 13.2 Å². The third-order valence-electron chi connectivity index (χ3n) is 5.07. The van der Waals surface area contributed by atoms with Crippen LogP contribution in [-0.2, 0) is 0 Å². The zero-order chi connectivity index (χ0) is 19.1. The van der Waals surface area contributed by atoms with Gasteiger partial charge in [-0.15, -0.1) is 0 Å². The van der Waals surface area contributed by atoms with Gasteiger partial charge in [-0.25, -0.2) is 9.37 Å². The smallest absolute Gasteiger partial charge is 0.209 e. The van der Waals surface area contributed by atoms with Crippen LogP contribution >= 0.6 is 0 Å². The Morgan fingerprint density at radius 1 is 0.964 bits per heavy atom. The summed E-state index contributed by atoms with van der Waals surface area (Å²) in [7, 11) is 1.64. The van der Waals surface area contributed by atoms with Gasteiger partial charge in [0.05, 0.1) is 24.2 Å². The average molecular weight is 371 g/mol. The number of aromatic nitrogens is 2. The number of nitrogens with one attached hydrogen (secondary N) is 1. The number of fused-ring (bicyclic) bond motifs is 3. The first kappa shape index (κ1) is 16.6. The van der Waals surface area contributed by atoms with E-state index < -0.39 is 0 Å². The highest BCUT2D eigenvalue weighted by atomic mass is 19.1. The van der Waals surface area contributed by atoms with Gasteiger partial charge in [0.1, 0.15) is 11.6 Å². The summed E-state index contributed by atoms with van der Waals surface area (Å²) in [5.74, 6) is 1.25. The van der Waals surface area contributed by atoms with Gasteiger partial charge in [-0.1, -0.05) is 30.3 Å². The van der Waals surface area contributed by atoms with Crippen LogP contribution in [0, 0.1) is 5.82 Å². The van der Waals surface area contributed by atoms with E-state index in [0.717, 1.165) is 28.0 Å². The van der Waals surface area contributed by atoms with E-state index in [-0.39, 0.29) is 11.9 Å². The van der Waals surface area contributed by atoms with Gasteiger partial charge in [0.25, 0.3) is 0 Å². The number of ether oxygens (including phenoxy) is 1. The fourth-order valence-corrected chi connectivity index (χ4v) is 3.69. The van der Waals surface area contributed by atoms with Crippen LogP contribution in [0.1, 0.15) is 17.2 Å². The summed E-state index contributed by atoms with van der Waals surface area (Å²) in [5, 5.41) is 3.41. The molecule has 0 saturated carbocycles. The maximum Gasteiger partial charge on any atom is 0.209 e. The molecule has 0 aliphatic carbocycles. The largest absolute Gasteiger partial charge is 0.497 e. The minimum absolute atomic E-state index is 0.233. The fourth-order valence-electron chi connectivity index (χ4n) is 3.69. The molecule has 1 unspecified atom stereocenters. The second-order valence-electron chi connectivity index (χ2n) is 6.69.